The molecule has 1 N–H and O–H groups in total. The topological polar surface area (TPSA) is 41.3 Å². The van der Waals surface area contributed by atoms with Crippen LogP contribution in [-0.4, -0.2) is 46.8 Å². The monoisotopic (exact) mass is 457 g/mol. The Morgan fingerprint density at radius 1 is 0.969 bits per heavy atom. The van der Waals surface area contributed by atoms with Crippen molar-refractivity contribution in [2.24, 2.45) is 0 Å². The predicted octanol–water partition coefficient (Wildman–Crippen LogP) is 6.70. The number of aliphatic hydroxyl groups is 1. The maximum Gasteiger partial charge on any atom is 0.193 e. The Morgan fingerprint density at radius 2 is 1.53 bits per heavy atom. The van der Waals surface area contributed by atoms with E-state index in [1.165, 1.54) is 35.0 Å². The zero-order valence-electron chi connectivity index (χ0n) is 22.1. The number of aliphatic hydroxyl groups excluding tert-OH is 1. The summed E-state index contributed by atoms with van der Waals surface area (Å²) in [6, 6.07) is 4.93. The summed E-state index contributed by atoms with van der Waals surface area (Å²) in [4.78, 5) is 2.67. The van der Waals surface area contributed by atoms with Gasteiger partial charge in [0, 0.05) is 17.8 Å². The molecule has 0 radical (unpaired) electrons. The van der Waals surface area contributed by atoms with Crippen LogP contribution in [0.2, 0.25) is 16.6 Å². The average Bonchev–Trinajstić information content (AvgIpc) is 3.07. The fraction of sp³-hybridized carbons (Fsp3) is 0.741. The SMILES string of the molecule is CCCN(CCC)C1Cc2nn([Si](C(C)C)(C(C)C)C(C)C)c3ccc(C(C)O)c(c23)C1. The van der Waals surface area contributed by atoms with Gasteiger partial charge < -0.3 is 5.11 Å². The zero-order chi connectivity index (χ0) is 23.8. The quantitative estimate of drug-likeness (QED) is 0.403. The van der Waals surface area contributed by atoms with Gasteiger partial charge in [-0.15, -0.1) is 0 Å². The van der Waals surface area contributed by atoms with E-state index in [9.17, 15) is 5.11 Å². The Balaban J connectivity index is 2.27. The van der Waals surface area contributed by atoms with Crippen LogP contribution in [0, 0.1) is 0 Å². The molecule has 0 spiro atoms. The first-order chi connectivity index (χ1) is 15.1. The molecule has 0 saturated heterocycles. The zero-order valence-corrected chi connectivity index (χ0v) is 23.1. The van der Waals surface area contributed by atoms with Gasteiger partial charge in [0.05, 0.1) is 17.3 Å². The van der Waals surface area contributed by atoms with E-state index in [0.29, 0.717) is 22.7 Å². The molecule has 0 amide bonds. The molecular weight excluding hydrogens is 410 g/mol. The Labute approximate surface area is 197 Å². The summed E-state index contributed by atoms with van der Waals surface area (Å²) in [5, 5.41) is 17.5. The minimum atomic E-state index is -1.95. The number of hydrogen-bond acceptors (Lipinski definition) is 3. The first-order valence-electron chi connectivity index (χ1n) is 13.1. The largest absolute Gasteiger partial charge is 0.389 e. The van der Waals surface area contributed by atoms with Crippen LogP contribution >= 0.6 is 0 Å². The van der Waals surface area contributed by atoms with Crippen molar-refractivity contribution in [3.05, 3.63) is 29.0 Å². The third-order valence-electron chi connectivity index (χ3n) is 8.06. The van der Waals surface area contributed by atoms with Crippen molar-refractivity contribution in [3.63, 3.8) is 0 Å². The molecule has 1 aromatic heterocycles. The molecule has 1 aromatic carbocycles. The number of benzene rings is 1. The fourth-order valence-electron chi connectivity index (χ4n) is 7.00. The highest BCUT2D eigenvalue weighted by molar-refractivity contribution is 6.82. The van der Waals surface area contributed by atoms with E-state index in [2.05, 4.69) is 76.8 Å². The average molecular weight is 458 g/mol. The summed E-state index contributed by atoms with van der Waals surface area (Å²) in [5.41, 5.74) is 6.85. The second-order valence-corrected chi connectivity index (χ2v) is 16.7. The second kappa shape index (κ2) is 9.98. The molecule has 5 heteroatoms. The number of rotatable bonds is 10. The van der Waals surface area contributed by atoms with Gasteiger partial charge in [-0.05, 0) is 73.1 Å². The van der Waals surface area contributed by atoms with Gasteiger partial charge in [0.25, 0.3) is 0 Å². The smallest absolute Gasteiger partial charge is 0.193 e. The van der Waals surface area contributed by atoms with E-state index in [1.54, 1.807) is 0 Å². The second-order valence-electron chi connectivity index (χ2n) is 11.0. The Bertz CT molecular complexity index is 887. The molecule has 180 valence electrons. The van der Waals surface area contributed by atoms with E-state index in [4.69, 9.17) is 5.10 Å². The molecule has 3 rings (SSSR count). The molecule has 0 aliphatic heterocycles. The van der Waals surface area contributed by atoms with Gasteiger partial charge in [0.1, 0.15) is 0 Å². The lowest BCUT2D eigenvalue weighted by Gasteiger charge is -2.43. The van der Waals surface area contributed by atoms with E-state index in [1.807, 2.05) is 6.92 Å². The van der Waals surface area contributed by atoms with Gasteiger partial charge in [-0.3, -0.25) is 9.25 Å². The lowest BCUT2D eigenvalue weighted by molar-refractivity contribution is 0.183. The van der Waals surface area contributed by atoms with Crippen LogP contribution in [-0.2, 0) is 12.8 Å². The minimum Gasteiger partial charge on any atom is -0.389 e. The lowest BCUT2D eigenvalue weighted by atomic mass is 9.85. The third-order valence-corrected chi connectivity index (χ3v) is 14.7. The molecule has 1 aliphatic rings. The van der Waals surface area contributed by atoms with Crippen molar-refractivity contribution >= 4 is 19.1 Å². The third kappa shape index (κ3) is 4.10. The van der Waals surface area contributed by atoms with Crippen LogP contribution in [0.1, 0.15) is 98.1 Å². The first kappa shape index (κ1) is 25.4. The normalized spacial score (nSPS) is 18.0. The van der Waals surface area contributed by atoms with Crippen LogP contribution in [0.15, 0.2) is 12.1 Å². The number of aromatic nitrogens is 2. The van der Waals surface area contributed by atoms with Gasteiger partial charge >= 0.3 is 0 Å². The molecule has 2 aromatic rings. The number of hydrogen-bond donors (Lipinski definition) is 1. The fourth-order valence-corrected chi connectivity index (χ4v) is 13.4. The van der Waals surface area contributed by atoms with Gasteiger partial charge in [-0.1, -0.05) is 61.5 Å². The molecule has 0 bridgehead atoms. The van der Waals surface area contributed by atoms with Gasteiger partial charge in [0.2, 0.25) is 0 Å². The van der Waals surface area contributed by atoms with Crippen molar-refractivity contribution < 1.29 is 5.11 Å². The van der Waals surface area contributed by atoms with Crippen LogP contribution in [0.4, 0.5) is 0 Å². The highest BCUT2D eigenvalue weighted by atomic mass is 28.3. The summed E-state index contributed by atoms with van der Waals surface area (Å²) in [7, 11) is -1.95. The molecule has 4 nitrogen and oxygen atoms in total. The molecule has 1 aliphatic carbocycles. The van der Waals surface area contributed by atoms with E-state index >= 15 is 0 Å². The summed E-state index contributed by atoms with van der Waals surface area (Å²) < 4.78 is 2.54. The summed E-state index contributed by atoms with van der Waals surface area (Å²) in [5.74, 6) is 0. The van der Waals surface area contributed by atoms with Crippen LogP contribution in [0.5, 0.6) is 0 Å². The van der Waals surface area contributed by atoms with Gasteiger partial charge in [0.15, 0.2) is 8.24 Å². The summed E-state index contributed by atoms with van der Waals surface area (Å²) >= 11 is 0. The van der Waals surface area contributed by atoms with E-state index < -0.39 is 14.3 Å². The van der Waals surface area contributed by atoms with Crippen molar-refractivity contribution in [1.29, 1.82) is 0 Å². The van der Waals surface area contributed by atoms with E-state index in [-0.39, 0.29) is 0 Å². The number of nitrogens with zero attached hydrogens (tertiary/aromatic N) is 3. The molecule has 1 heterocycles. The summed E-state index contributed by atoms with van der Waals surface area (Å²) in [6.07, 6.45) is 3.96. The predicted molar refractivity (Wildman–Crippen MR) is 140 cm³/mol. The lowest BCUT2D eigenvalue weighted by Crippen LogP contribution is -2.52. The van der Waals surface area contributed by atoms with E-state index in [0.717, 1.165) is 31.5 Å². The molecule has 0 fully saturated rings. The molecule has 2 unspecified atom stereocenters. The Kier molecular flexibility index (Phi) is 7.94. The van der Waals surface area contributed by atoms with Gasteiger partial charge in [-0.25, -0.2) is 0 Å². The Hall–Kier alpha value is -1.17. The first-order valence-corrected chi connectivity index (χ1v) is 15.2. The molecule has 32 heavy (non-hydrogen) atoms. The van der Waals surface area contributed by atoms with Crippen molar-refractivity contribution in [1.82, 2.24) is 14.3 Å². The Morgan fingerprint density at radius 3 is 2.00 bits per heavy atom. The molecule has 2 atom stereocenters. The van der Waals surface area contributed by atoms with Crippen molar-refractivity contribution in [3.8, 4) is 0 Å². The maximum absolute atomic E-state index is 10.6. The molecular formula is C27H47N3OSi. The minimum absolute atomic E-state index is 0.447. The van der Waals surface area contributed by atoms with Crippen LogP contribution < -0.4 is 0 Å². The van der Waals surface area contributed by atoms with Crippen molar-refractivity contribution in [2.45, 2.75) is 117 Å². The maximum atomic E-state index is 10.6. The van der Waals surface area contributed by atoms with Gasteiger partial charge in [-0.2, -0.15) is 5.10 Å². The standard InChI is InChI=1S/C27H47N3OSi/c1-10-14-29(15-11-2)22-16-24-23(21(9)31)12-13-26-27(24)25(17-22)28-30(26)32(18(3)4,19(5)6)20(7)8/h12-13,18-22,31H,10-11,14-17H2,1-9H3. The van der Waals surface area contributed by atoms with Crippen LogP contribution in [0.3, 0.4) is 0 Å². The summed E-state index contributed by atoms with van der Waals surface area (Å²) in [6.45, 7) is 23.2. The van der Waals surface area contributed by atoms with Crippen molar-refractivity contribution in [2.75, 3.05) is 13.1 Å². The molecule has 0 saturated carbocycles. The highest BCUT2D eigenvalue weighted by Crippen LogP contribution is 2.46. The van der Waals surface area contributed by atoms with Crippen LogP contribution in [0.25, 0.3) is 10.9 Å². The highest BCUT2D eigenvalue weighted by Gasteiger charge is 2.48.